The summed E-state index contributed by atoms with van der Waals surface area (Å²) in [5.74, 6) is 0.0684. The fraction of sp³-hybridized carbons (Fsp3) is 0.429. The van der Waals surface area contributed by atoms with Crippen LogP contribution in [0, 0.1) is 6.92 Å². The summed E-state index contributed by atoms with van der Waals surface area (Å²) in [5.41, 5.74) is 1.21. The maximum absolute atomic E-state index is 12.3. The topological polar surface area (TPSA) is 20.3 Å². The summed E-state index contributed by atoms with van der Waals surface area (Å²) in [6.07, 6.45) is 5.28. The molecule has 0 N–H and O–H groups in total. The number of nitrogens with zero attached hydrogens (tertiary/aromatic N) is 1. The second-order valence-corrected chi connectivity index (χ2v) is 7.13. The summed E-state index contributed by atoms with van der Waals surface area (Å²) in [7, 11) is 0. The van der Waals surface area contributed by atoms with Crippen LogP contribution in [0.5, 0.6) is 0 Å². The maximum atomic E-state index is 12.3. The number of amides is 1. The zero-order valence-electron chi connectivity index (χ0n) is 11.1. The minimum atomic E-state index is 0.0684. The molecule has 1 aliphatic heterocycles. The van der Waals surface area contributed by atoms with Crippen LogP contribution in [-0.2, 0) is 4.79 Å². The first-order chi connectivity index (χ1) is 9.13. The van der Waals surface area contributed by atoms with Crippen LogP contribution < -0.4 is 0 Å². The maximum Gasteiger partial charge on any atom is 0.266 e. The number of carbonyl (C=O) groups excluding carboxylic acids is 1. The number of hydrogen-bond donors (Lipinski definition) is 0. The summed E-state index contributed by atoms with van der Waals surface area (Å²) in [6.45, 7) is 4.97. The second kappa shape index (κ2) is 6.68. The summed E-state index contributed by atoms with van der Waals surface area (Å²) in [5, 5.41) is 2.04. The molecule has 0 radical (unpaired) electrons. The van der Waals surface area contributed by atoms with E-state index < -0.39 is 0 Å². The number of rotatable bonds is 5. The molecule has 0 atom stereocenters. The van der Waals surface area contributed by atoms with Gasteiger partial charge in [-0.25, -0.2) is 0 Å². The zero-order valence-corrected chi connectivity index (χ0v) is 13.6. The molecule has 2 rings (SSSR count). The number of unbranched alkanes of at least 4 members (excludes halogenated alkanes) is 2. The summed E-state index contributed by atoms with van der Waals surface area (Å²) < 4.78 is 0.696. The van der Waals surface area contributed by atoms with Crippen LogP contribution in [0.1, 0.15) is 36.6 Å². The lowest BCUT2D eigenvalue weighted by atomic mass is 10.2. The second-order valence-electron chi connectivity index (χ2n) is 4.51. The smallest absolute Gasteiger partial charge is 0.266 e. The number of thiophene rings is 1. The highest BCUT2D eigenvalue weighted by molar-refractivity contribution is 8.26. The molecule has 1 aromatic rings. The van der Waals surface area contributed by atoms with Crippen molar-refractivity contribution in [3.05, 3.63) is 26.8 Å². The highest BCUT2D eigenvalue weighted by Gasteiger charge is 2.31. The predicted octanol–water partition coefficient (Wildman–Crippen LogP) is 4.45. The summed E-state index contributed by atoms with van der Waals surface area (Å²) >= 11 is 8.38. The molecule has 1 aliphatic rings. The molecule has 1 aromatic heterocycles. The third-order valence-corrected chi connectivity index (χ3v) is 5.37. The van der Waals surface area contributed by atoms with Crippen molar-refractivity contribution in [3.63, 3.8) is 0 Å². The fourth-order valence-corrected chi connectivity index (χ4v) is 4.09. The van der Waals surface area contributed by atoms with Crippen molar-refractivity contribution in [2.24, 2.45) is 0 Å². The number of thioether (sulfide) groups is 1. The minimum absolute atomic E-state index is 0.0684. The van der Waals surface area contributed by atoms with E-state index in [1.165, 1.54) is 17.3 Å². The Morgan fingerprint density at radius 3 is 2.84 bits per heavy atom. The Bertz CT molecular complexity index is 519. The van der Waals surface area contributed by atoms with E-state index in [0.717, 1.165) is 35.6 Å². The third kappa shape index (κ3) is 3.46. The molecule has 1 fully saturated rings. The van der Waals surface area contributed by atoms with Gasteiger partial charge in [-0.15, -0.1) is 11.3 Å². The first-order valence-electron chi connectivity index (χ1n) is 6.43. The Hall–Kier alpha value is -0.650. The standard InChI is InChI=1S/C14H17NOS3/c1-3-4-5-7-15-13(16)12(19-14(15)17)9-11-10(2)6-8-18-11/h6,8-9H,3-5,7H2,1-2H3. The lowest BCUT2D eigenvalue weighted by molar-refractivity contribution is -0.122. The number of hydrogen-bond acceptors (Lipinski definition) is 4. The van der Waals surface area contributed by atoms with Crippen LogP contribution in [0.2, 0.25) is 0 Å². The van der Waals surface area contributed by atoms with Gasteiger partial charge in [0.25, 0.3) is 5.91 Å². The van der Waals surface area contributed by atoms with E-state index in [2.05, 4.69) is 19.9 Å². The van der Waals surface area contributed by atoms with Gasteiger partial charge in [0.15, 0.2) is 0 Å². The molecule has 0 unspecified atom stereocenters. The zero-order chi connectivity index (χ0) is 13.8. The van der Waals surface area contributed by atoms with Crippen molar-refractivity contribution < 1.29 is 4.79 Å². The highest BCUT2D eigenvalue weighted by atomic mass is 32.2. The lowest BCUT2D eigenvalue weighted by Gasteiger charge is -2.13. The number of aryl methyl sites for hydroxylation is 1. The quantitative estimate of drug-likeness (QED) is 0.455. The van der Waals surface area contributed by atoms with E-state index in [-0.39, 0.29) is 5.91 Å². The first-order valence-corrected chi connectivity index (χ1v) is 8.53. The van der Waals surface area contributed by atoms with Gasteiger partial charge in [-0.3, -0.25) is 9.69 Å². The molecule has 0 aromatic carbocycles. The normalized spacial score (nSPS) is 17.8. The van der Waals surface area contributed by atoms with Crippen molar-refractivity contribution in [3.8, 4) is 0 Å². The number of carbonyl (C=O) groups is 1. The molecule has 2 heterocycles. The van der Waals surface area contributed by atoms with E-state index in [9.17, 15) is 4.79 Å². The average Bonchev–Trinajstić information content (AvgIpc) is 2.89. The van der Waals surface area contributed by atoms with Gasteiger partial charge in [0, 0.05) is 11.4 Å². The van der Waals surface area contributed by atoms with Crippen LogP contribution in [0.3, 0.4) is 0 Å². The minimum Gasteiger partial charge on any atom is -0.293 e. The molecule has 0 spiro atoms. The molecule has 2 nitrogen and oxygen atoms in total. The Morgan fingerprint density at radius 1 is 1.42 bits per heavy atom. The monoisotopic (exact) mass is 311 g/mol. The molecule has 19 heavy (non-hydrogen) atoms. The lowest BCUT2D eigenvalue weighted by Crippen LogP contribution is -2.28. The van der Waals surface area contributed by atoms with Crippen LogP contribution >= 0.6 is 35.3 Å². The molecular formula is C14H17NOS3. The molecule has 1 amide bonds. The SMILES string of the molecule is CCCCCN1C(=O)C(=Cc2sccc2C)SC1=S. The van der Waals surface area contributed by atoms with Gasteiger partial charge in [-0.05, 0) is 36.4 Å². The molecule has 0 aliphatic carbocycles. The van der Waals surface area contributed by atoms with E-state index >= 15 is 0 Å². The van der Waals surface area contributed by atoms with Gasteiger partial charge in [0.2, 0.25) is 0 Å². The van der Waals surface area contributed by atoms with Gasteiger partial charge in [-0.2, -0.15) is 0 Å². The Kier molecular flexibility index (Phi) is 5.19. The molecular weight excluding hydrogens is 294 g/mol. The van der Waals surface area contributed by atoms with Crippen molar-refractivity contribution in [2.45, 2.75) is 33.1 Å². The first kappa shape index (κ1) is 14.8. The summed E-state index contributed by atoms with van der Waals surface area (Å²) in [4.78, 5) is 15.9. The van der Waals surface area contributed by atoms with Crippen LogP contribution in [0.25, 0.3) is 6.08 Å². The molecule has 5 heteroatoms. The summed E-state index contributed by atoms with van der Waals surface area (Å²) in [6, 6.07) is 2.07. The molecule has 0 saturated carbocycles. The highest BCUT2D eigenvalue weighted by Crippen LogP contribution is 2.34. The van der Waals surface area contributed by atoms with E-state index in [4.69, 9.17) is 12.2 Å². The largest absolute Gasteiger partial charge is 0.293 e. The van der Waals surface area contributed by atoms with Crippen molar-refractivity contribution in [2.75, 3.05) is 6.54 Å². The van der Waals surface area contributed by atoms with Crippen LogP contribution in [0.4, 0.5) is 0 Å². The van der Waals surface area contributed by atoms with E-state index in [0.29, 0.717) is 4.32 Å². The Labute approximate surface area is 127 Å². The van der Waals surface area contributed by atoms with Crippen molar-refractivity contribution in [1.82, 2.24) is 4.90 Å². The number of thiocarbonyl (C=S) groups is 1. The Morgan fingerprint density at radius 2 is 2.21 bits per heavy atom. The Balaban J connectivity index is 2.09. The van der Waals surface area contributed by atoms with Gasteiger partial charge in [0.05, 0.1) is 4.91 Å². The van der Waals surface area contributed by atoms with Gasteiger partial charge in [-0.1, -0.05) is 43.7 Å². The third-order valence-electron chi connectivity index (χ3n) is 3.02. The van der Waals surface area contributed by atoms with Gasteiger partial charge in [0.1, 0.15) is 4.32 Å². The average molecular weight is 311 g/mol. The van der Waals surface area contributed by atoms with E-state index in [1.807, 2.05) is 11.5 Å². The molecule has 1 saturated heterocycles. The van der Waals surface area contributed by atoms with Crippen molar-refractivity contribution >= 4 is 51.6 Å². The van der Waals surface area contributed by atoms with Gasteiger partial charge >= 0.3 is 0 Å². The molecule has 0 bridgehead atoms. The fourth-order valence-electron chi connectivity index (χ4n) is 1.86. The van der Waals surface area contributed by atoms with E-state index in [1.54, 1.807) is 16.2 Å². The predicted molar refractivity (Wildman–Crippen MR) is 88.5 cm³/mol. The van der Waals surface area contributed by atoms with Gasteiger partial charge < -0.3 is 0 Å². The van der Waals surface area contributed by atoms with Crippen LogP contribution in [-0.4, -0.2) is 21.7 Å². The van der Waals surface area contributed by atoms with Crippen molar-refractivity contribution in [1.29, 1.82) is 0 Å². The van der Waals surface area contributed by atoms with Crippen LogP contribution in [0.15, 0.2) is 16.4 Å². The molecule has 102 valence electrons.